The van der Waals surface area contributed by atoms with Gasteiger partial charge in [-0.15, -0.1) is 11.3 Å². The zero-order valence-corrected chi connectivity index (χ0v) is 15.8. The second-order valence-electron chi connectivity index (χ2n) is 6.73. The molecule has 0 fully saturated rings. The molecule has 0 unspecified atom stereocenters. The molecule has 2 aromatic heterocycles. The lowest BCUT2D eigenvalue weighted by Crippen LogP contribution is -2.29. The summed E-state index contributed by atoms with van der Waals surface area (Å²) in [6, 6.07) is 7.49. The number of aromatic nitrogens is 2. The SMILES string of the molecule is COc1ccc(Cc2nc3sc4c(c3c(=O)n2CC(=O)O)CCCC4)cc1. The maximum Gasteiger partial charge on any atom is 0.323 e. The molecule has 7 heteroatoms. The number of fused-ring (bicyclic) bond motifs is 3. The Morgan fingerprint density at radius 2 is 2.00 bits per heavy atom. The topological polar surface area (TPSA) is 81.4 Å². The molecule has 0 atom stereocenters. The molecule has 0 spiro atoms. The van der Waals surface area contributed by atoms with E-state index in [2.05, 4.69) is 0 Å². The minimum atomic E-state index is -1.04. The van der Waals surface area contributed by atoms with Crippen LogP contribution in [0.25, 0.3) is 10.2 Å². The first-order valence-corrected chi connectivity index (χ1v) is 9.77. The molecule has 6 nitrogen and oxygen atoms in total. The van der Waals surface area contributed by atoms with Crippen molar-refractivity contribution in [2.45, 2.75) is 38.6 Å². The molecular weight excluding hydrogens is 364 g/mol. The fraction of sp³-hybridized carbons (Fsp3) is 0.350. The number of ether oxygens (including phenoxy) is 1. The maximum absolute atomic E-state index is 13.2. The van der Waals surface area contributed by atoms with E-state index in [1.165, 1.54) is 9.44 Å². The summed E-state index contributed by atoms with van der Waals surface area (Å²) in [5, 5.41) is 9.93. The Bertz CT molecular complexity index is 1070. The van der Waals surface area contributed by atoms with E-state index in [0.29, 0.717) is 17.6 Å². The molecule has 0 bridgehead atoms. The molecule has 0 amide bonds. The van der Waals surface area contributed by atoms with Gasteiger partial charge in [0.2, 0.25) is 0 Å². The Labute approximate surface area is 160 Å². The molecule has 1 aliphatic rings. The lowest BCUT2D eigenvalue weighted by Gasteiger charge is -2.13. The smallest absolute Gasteiger partial charge is 0.323 e. The van der Waals surface area contributed by atoms with Crippen LogP contribution in [0.15, 0.2) is 29.1 Å². The number of thiophene rings is 1. The van der Waals surface area contributed by atoms with E-state index >= 15 is 0 Å². The number of carboxylic acid groups (broad SMARTS) is 1. The number of rotatable bonds is 5. The summed E-state index contributed by atoms with van der Waals surface area (Å²) in [5.74, 6) is 0.188. The number of carboxylic acids is 1. The van der Waals surface area contributed by atoms with Crippen LogP contribution < -0.4 is 10.3 Å². The fourth-order valence-corrected chi connectivity index (χ4v) is 4.91. The number of aryl methyl sites for hydroxylation is 2. The van der Waals surface area contributed by atoms with Crippen LogP contribution in [0.4, 0.5) is 0 Å². The lowest BCUT2D eigenvalue weighted by molar-refractivity contribution is -0.137. The first-order valence-electron chi connectivity index (χ1n) is 8.95. The number of aliphatic carboxylic acids is 1. The number of carbonyl (C=O) groups is 1. The average molecular weight is 384 g/mol. The predicted molar refractivity (Wildman–Crippen MR) is 104 cm³/mol. The van der Waals surface area contributed by atoms with E-state index < -0.39 is 5.97 Å². The van der Waals surface area contributed by atoms with Crippen molar-refractivity contribution >= 4 is 27.5 Å². The van der Waals surface area contributed by atoms with Gasteiger partial charge in [0.05, 0.1) is 12.5 Å². The summed E-state index contributed by atoms with van der Waals surface area (Å²) in [4.78, 5) is 31.2. The van der Waals surface area contributed by atoms with Crippen LogP contribution in [0, 0.1) is 0 Å². The molecule has 3 aromatic rings. The fourth-order valence-electron chi connectivity index (χ4n) is 3.64. The molecule has 1 N–H and O–H groups in total. The number of hydrogen-bond acceptors (Lipinski definition) is 5. The van der Waals surface area contributed by atoms with Crippen LogP contribution in [-0.4, -0.2) is 27.7 Å². The van der Waals surface area contributed by atoms with Gasteiger partial charge in [0.25, 0.3) is 5.56 Å². The third-order valence-corrected chi connectivity index (χ3v) is 6.15. The molecule has 140 valence electrons. The van der Waals surface area contributed by atoms with Gasteiger partial charge in [0.1, 0.15) is 22.9 Å². The van der Waals surface area contributed by atoms with E-state index in [1.807, 2.05) is 24.3 Å². The zero-order valence-electron chi connectivity index (χ0n) is 15.0. The van der Waals surface area contributed by atoms with Crippen molar-refractivity contribution in [3.05, 3.63) is 56.4 Å². The van der Waals surface area contributed by atoms with Crippen LogP contribution in [0.5, 0.6) is 5.75 Å². The number of hydrogen-bond donors (Lipinski definition) is 1. The Balaban J connectivity index is 1.84. The first kappa shape index (κ1) is 17.7. The van der Waals surface area contributed by atoms with Gasteiger partial charge in [-0.05, 0) is 48.9 Å². The van der Waals surface area contributed by atoms with E-state index in [9.17, 15) is 14.7 Å². The van der Waals surface area contributed by atoms with Gasteiger partial charge in [0, 0.05) is 11.3 Å². The summed E-state index contributed by atoms with van der Waals surface area (Å²) < 4.78 is 6.49. The summed E-state index contributed by atoms with van der Waals surface area (Å²) in [5.41, 5.74) is 1.79. The largest absolute Gasteiger partial charge is 0.497 e. The van der Waals surface area contributed by atoms with E-state index in [1.54, 1.807) is 18.4 Å². The van der Waals surface area contributed by atoms with Gasteiger partial charge < -0.3 is 9.84 Å². The summed E-state index contributed by atoms with van der Waals surface area (Å²) in [6.45, 7) is -0.377. The normalized spacial score (nSPS) is 13.5. The van der Waals surface area contributed by atoms with Gasteiger partial charge in [0.15, 0.2) is 0 Å². The molecule has 27 heavy (non-hydrogen) atoms. The third kappa shape index (κ3) is 3.35. The molecular formula is C20H20N2O4S. The second-order valence-corrected chi connectivity index (χ2v) is 7.81. The van der Waals surface area contributed by atoms with Crippen LogP contribution in [0.3, 0.4) is 0 Å². The highest BCUT2D eigenvalue weighted by Gasteiger charge is 2.22. The Morgan fingerprint density at radius 1 is 1.26 bits per heavy atom. The van der Waals surface area contributed by atoms with Crippen LogP contribution in [-0.2, 0) is 30.6 Å². The van der Waals surface area contributed by atoms with Gasteiger partial charge in [-0.2, -0.15) is 0 Å². The van der Waals surface area contributed by atoms with E-state index in [0.717, 1.165) is 47.4 Å². The minimum absolute atomic E-state index is 0.231. The first-order chi connectivity index (χ1) is 13.1. The lowest BCUT2D eigenvalue weighted by atomic mass is 9.97. The highest BCUT2D eigenvalue weighted by molar-refractivity contribution is 7.18. The molecule has 4 rings (SSSR count). The zero-order chi connectivity index (χ0) is 19.0. The van der Waals surface area contributed by atoms with Gasteiger partial charge in [-0.1, -0.05) is 12.1 Å². The van der Waals surface area contributed by atoms with Crippen LogP contribution >= 0.6 is 11.3 Å². The highest BCUT2D eigenvalue weighted by Crippen LogP contribution is 2.34. The van der Waals surface area contributed by atoms with E-state index in [-0.39, 0.29) is 12.1 Å². The van der Waals surface area contributed by atoms with Gasteiger partial charge >= 0.3 is 5.97 Å². The minimum Gasteiger partial charge on any atom is -0.497 e. The number of benzene rings is 1. The quantitative estimate of drug-likeness (QED) is 0.731. The van der Waals surface area contributed by atoms with Crippen molar-refractivity contribution in [3.8, 4) is 5.75 Å². The van der Waals surface area contributed by atoms with Crippen molar-refractivity contribution in [2.24, 2.45) is 0 Å². The van der Waals surface area contributed by atoms with Crippen molar-refractivity contribution in [2.75, 3.05) is 7.11 Å². The second kappa shape index (κ2) is 7.15. The highest BCUT2D eigenvalue weighted by atomic mass is 32.1. The molecule has 1 aromatic carbocycles. The van der Waals surface area contributed by atoms with Crippen LogP contribution in [0.2, 0.25) is 0 Å². The Morgan fingerprint density at radius 3 is 2.70 bits per heavy atom. The van der Waals surface area contributed by atoms with Crippen molar-refractivity contribution in [3.63, 3.8) is 0 Å². The van der Waals surface area contributed by atoms with Gasteiger partial charge in [-0.3, -0.25) is 14.2 Å². The predicted octanol–water partition coefficient (Wildman–Crippen LogP) is 3.02. The van der Waals surface area contributed by atoms with Gasteiger partial charge in [-0.25, -0.2) is 4.98 Å². The summed E-state index contributed by atoms with van der Waals surface area (Å²) in [6.07, 6.45) is 4.43. The third-order valence-electron chi connectivity index (χ3n) is 4.97. The molecule has 2 heterocycles. The summed E-state index contributed by atoms with van der Waals surface area (Å²) in [7, 11) is 1.60. The molecule has 0 saturated carbocycles. The molecule has 1 aliphatic carbocycles. The van der Waals surface area contributed by atoms with Crippen molar-refractivity contribution in [1.82, 2.24) is 9.55 Å². The van der Waals surface area contributed by atoms with Crippen LogP contribution in [0.1, 0.15) is 34.7 Å². The molecule has 0 saturated heterocycles. The number of nitrogens with zero attached hydrogens (tertiary/aromatic N) is 2. The average Bonchev–Trinajstić information content (AvgIpc) is 3.03. The van der Waals surface area contributed by atoms with Crippen molar-refractivity contribution in [1.29, 1.82) is 0 Å². The molecule has 0 aliphatic heterocycles. The number of methoxy groups -OCH3 is 1. The standard InChI is InChI=1S/C20H20N2O4S/c1-26-13-8-6-12(7-9-13)10-16-21-19-18(20(25)22(16)11-17(23)24)14-4-2-3-5-15(14)27-19/h6-9H,2-5,10-11H2,1H3,(H,23,24). The summed E-state index contributed by atoms with van der Waals surface area (Å²) >= 11 is 1.58. The van der Waals surface area contributed by atoms with Crippen molar-refractivity contribution < 1.29 is 14.6 Å². The monoisotopic (exact) mass is 384 g/mol. The Kier molecular flexibility index (Phi) is 4.70. The molecule has 0 radical (unpaired) electrons. The van der Waals surface area contributed by atoms with E-state index in [4.69, 9.17) is 9.72 Å². The Hall–Kier alpha value is -2.67. The maximum atomic E-state index is 13.2.